The minimum absolute atomic E-state index is 0.847. The van der Waals surface area contributed by atoms with E-state index in [0.717, 1.165) is 65.8 Å². The fraction of sp³-hybridized carbons (Fsp3) is 0. The van der Waals surface area contributed by atoms with Crippen LogP contribution in [0.15, 0.2) is 94.0 Å². The lowest BCUT2D eigenvalue weighted by atomic mass is 10.0. The first-order chi connectivity index (χ1) is 15.4. The van der Waals surface area contributed by atoms with Gasteiger partial charge in [0.25, 0.3) is 0 Å². The van der Waals surface area contributed by atoms with Crippen LogP contribution in [0.3, 0.4) is 0 Å². The zero-order valence-corrected chi connectivity index (χ0v) is 16.3. The van der Waals surface area contributed by atoms with E-state index in [1.807, 2.05) is 36.7 Å². The highest BCUT2D eigenvalue weighted by Gasteiger charge is 2.18. The van der Waals surface area contributed by atoms with Gasteiger partial charge in [-0.15, -0.1) is 0 Å². The maximum absolute atomic E-state index is 6.50. The van der Waals surface area contributed by atoms with Crippen LogP contribution in [-0.4, -0.2) is 9.38 Å². The molecule has 0 saturated carbocycles. The lowest BCUT2D eigenvalue weighted by molar-refractivity contribution is 0.663. The zero-order chi connectivity index (χ0) is 20.1. The van der Waals surface area contributed by atoms with Gasteiger partial charge in [-0.05, 0) is 35.7 Å². The van der Waals surface area contributed by atoms with E-state index in [4.69, 9.17) is 8.83 Å². The highest BCUT2D eigenvalue weighted by atomic mass is 16.3. The molecule has 4 aromatic carbocycles. The summed E-state index contributed by atoms with van der Waals surface area (Å²) in [5.41, 5.74) is 5.57. The van der Waals surface area contributed by atoms with Gasteiger partial charge in [0, 0.05) is 39.3 Å². The van der Waals surface area contributed by atoms with Gasteiger partial charge in [-0.25, -0.2) is 4.98 Å². The van der Waals surface area contributed by atoms with Crippen LogP contribution in [0.5, 0.6) is 0 Å². The second-order valence-electron chi connectivity index (χ2n) is 8.05. The summed E-state index contributed by atoms with van der Waals surface area (Å²) < 4.78 is 14.7. The van der Waals surface area contributed by atoms with Crippen LogP contribution in [0.1, 0.15) is 0 Å². The molecule has 0 bridgehead atoms. The second-order valence-corrected chi connectivity index (χ2v) is 8.05. The summed E-state index contributed by atoms with van der Waals surface area (Å²) in [5.74, 6) is 0. The molecule has 0 fully saturated rings. The Labute approximate surface area is 174 Å². The average Bonchev–Trinajstić information content (AvgIpc) is 3.52. The summed E-state index contributed by atoms with van der Waals surface area (Å²) in [6.07, 6.45) is 3.89. The molecule has 4 nitrogen and oxygen atoms in total. The van der Waals surface area contributed by atoms with Crippen LogP contribution >= 0.6 is 0 Å². The monoisotopic (exact) mass is 398 g/mol. The third-order valence-corrected chi connectivity index (χ3v) is 6.45. The number of furan rings is 2. The van der Waals surface area contributed by atoms with Gasteiger partial charge in [0.05, 0.1) is 10.9 Å². The van der Waals surface area contributed by atoms with Crippen molar-refractivity contribution in [3.63, 3.8) is 0 Å². The number of hydrogen-bond acceptors (Lipinski definition) is 3. The highest BCUT2D eigenvalue weighted by Crippen LogP contribution is 2.41. The van der Waals surface area contributed by atoms with Gasteiger partial charge in [-0.3, -0.25) is 4.40 Å². The van der Waals surface area contributed by atoms with E-state index < -0.39 is 0 Å². The molecule has 0 radical (unpaired) electrons. The Morgan fingerprint density at radius 3 is 2.39 bits per heavy atom. The lowest BCUT2D eigenvalue weighted by Crippen LogP contribution is -1.90. The summed E-state index contributed by atoms with van der Waals surface area (Å²) in [6.45, 7) is 0. The molecule has 0 unspecified atom stereocenters. The Hall–Kier alpha value is -4.31. The second kappa shape index (κ2) is 5.24. The predicted molar refractivity (Wildman–Crippen MR) is 125 cm³/mol. The molecule has 0 atom stereocenters. The SMILES string of the molecule is c1ccc2c(c1)oc1ccc3c4cc5c(cc4oc3c12)c1ccccc1c1nccn51. The summed E-state index contributed by atoms with van der Waals surface area (Å²) in [5, 5.41) is 7.77. The summed E-state index contributed by atoms with van der Waals surface area (Å²) >= 11 is 0. The minimum atomic E-state index is 0.847. The molecular formula is C27H14N2O2. The van der Waals surface area contributed by atoms with Crippen LogP contribution < -0.4 is 0 Å². The third kappa shape index (κ3) is 1.83. The first-order valence-corrected chi connectivity index (χ1v) is 10.3. The largest absolute Gasteiger partial charge is 0.456 e. The topological polar surface area (TPSA) is 43.6 Å². The fourth-order valence-electron chi connectivity index (χ4n) is 5.10. The van der Waals surface area contributed by atoms with Gasteiger partial charge in [0.1, 0.15) is 28.0 Å². The van der Waals surface area contributed by atoms with Crippen LogP contribution in [-0.2, 0) is 0 Å². The third-order valence-electron chi connectivity index (χ3n) is 6.45. The van der Waals surface area contributed by atoms with E-state index in [9.17, 15) is 0 Å². The summed E-state index contributed by atoms with van der Waals surface area (Å²) in [6, 6.07) is 25.1. The Kier molecular flexibility index (Phi) is 2.62. The molecule has 8 rings (SSSR count). The maximum atomic E-state index is 6.50. The van der Waals surface area contributed by atoms with Crippen LogP contribution in [0.4, 0.5) is 0 Å². The van der Waals surface area contributed by atoms with Crippen LogP contribution in [0.25, 0.3) is 71.2 Å². The predicted octanol–water partition coefficient (Wildman–Crippen LogP) is 7.44. The lowest BCUT2D eigenvalue weighted by Gasteiger charge is -2.08. The van der Waals surface area contributed by atoms with E-state index in [1.165, 1.54) is 5.39 Å². The number of hydrogen-bond donors (Lipinski definition) is 0. The number of nitrogens with zero attached hydrogens (tertiary/aromatic N) is 2. The molecule has 0 saturated heterocycles. The van der Waals surface area contributed by atoms with Crippen molar-refractivity contribution >= 4 is 71.2 Å². The van der Waals surface area contributed by atoms with E-state index >= 15 is 0 Å². The number of imidazole rings is 1. The van der Waals surface area contributed by atoms with Gasteiger partial charge >= 0.3 is 0 Å². The van der Waals surface area contributed by atoms with Gasteiger partial charge in [0.2, 0.25) is 0 Å². The fourth-order valence-corrected chi connectivity index (χ4v) is 5.10. The molecule has 0 aliphatic rings. The van der Waals surface area contributed by atoms with Crippen molar-refractivity contribution in [2.45, 2.75) is 0 Å². The van der Waals surface area contributed by atoms with Gasteiger partial charge < -0.3 is 8.83 Å². The molecule has 0 aliphatic carbocycles. The molecule has 0 N–H and O–H groups in total. The van der Waals surface area contributed by atoms with Crippen molar-refractivity contribution in [2.75, 3.05) is 0 Å². The smallest absolute Gasteiger partial charge is 0.147 e. The van der Waals surface area contributed by atoms with Crippen molar-refractivity contribution in [3.05, 3.63) is 85.2 Å². The molecule has 4 heterocycles. The first-order valence-electron chi connectivity index (χ1n) is 10.3. The number of rotatable bonds is 0. The Bertz CT molecular complexity index is 2000. The molecule has 0 spiro atoms. The summed E-state index contributed by atoms with van der Waals surface area (Å²) in [4.78, 5) is 4.62. The molecule has 8 aromatic rings. The Morgan fingerprint density at radius 1 is 0.613 bits per heavy atom. The van der Waals surface area contributed by atoms with Crippen molar-refractivity contribution in [2.24, 2.45) is 0 Å². The van der Waals surface area contributed by atoms with E-state index in [1.54, 1.807) is 0 Å². The van der Waals surface area contributed by atoms with Crippen LogP contribution in [0, 0.1) is 0 Å². The van der Waals surface area contributed by atoms with E-state index in [-0.39, 0.29) is 0 Å². The number of benzene rings is 4. The number of pyridine rings is 1. The van der Waals surface area contributed by atoms with Gasteiger partial charge in [-0.2, -0.15) is 0 Å². The first kappa shape index (κ1) is 15.5. The molecule has 0 amide bonds. The average molecular weight is 398 g/mol. The Balaban J connectivity index is 1.63. The van der Waals surface area contributed by atoms with E-state index in [2.05, 4.69) is 57.9 Å². The standard InChI is InChI=1S/C27H14N2O2/c1-2-6-17-15(5-1)19-14-24-20(13-21(19)29-12-11-28-27(17)29)16-9-10-23-25(26(16)31-24)18-7-3-4-8-22(18)30-23/h1-14H. The molecule has 4 aromatic heterocycles. The van der Waals surface area contributed by atoms with Gasteiger partial charge in [0.15, 0.2) is 0 Å². The van der Waals surface area contributed by atoms with Crippen molar-refractivity contribution in [1.82, 2.24) is 9.38 Å². The quantitative estimate of drug-likeness (QED) is 0.249. The van der Waals surface area contributed by atoms with Gasteiger partial charge in [-0.1, -0.05) is 42.5 Å². The van der Waals surface area contributed by atoms with E-state index in [0.29, 0.717) is 0 Å². The molecule has 144 valence electrons. The maximum Gasteiger partial charge on any atom is 0.147 e. The number of para-hydroxylation sites is 1. The zero-order valence-electron chi connectivity index (χ0n) is 16.3. The van der Waals surface area contributed by atoms with Crippen LogP contribution in [0.2, 0.25) is 0 Å². The number of fused-ring (bicyclic) bond motifs is 13. The Morgan fingerprint density at radius 2 is 1.45 bits per heavy atom. The normalized spacial score (nSPS) is 12.5. The molecular weight excluding hydrogens is 384 g/mol. The van der Waals surface area contributed by atoms with Crippen molar-refractivity contribution in [1.29, 1.82) is 0 Å². The molecule has 0 aliphatic heterocycles. The molecule has 31 heavy (non-hydrogen) atoms. The summed E-state index contributed by atoms with van der Waals surface area (Å²) in [7, 11) is 0. The van der Waals surface area contributed by atoms with Crippen molar-refractivity contribution < 1.29 is 8.83 Å². The minimum Gasteiger partial charge on any atom is -0.456 e. The van der Waals surface area contributed by atoms with Crippen molar-refractivity contribution in [3.8, 4) is 0 Å². The molecule has 4 heteroatoms. The number of aromatic nitrogens is 2. The highest BCUT2D eigenvalue weighted by molar-refractivity contribution is 6.24.